The van der Waals surface area contributed by atoms with Gasteiger partial charge in [-0.2, -0.15) is 9.40 Å². The molecule has 114 valence electrons. The molecule has 1 atom stereocenters. The van der Waals surface area contributed by atoms with Crippen molar-refractivity contribution in [2.45, 2.75) is 24.5 Å². The average Bonchev–Trinajstić information content (AvgIpc) is 2.84. The van der Waals surface area contributed by atoms with E-state index in [-0.39, 0.29) is 11.4 Å². The monoisotopic (exact) mass is 309 g/mol. The van der Waals surface area contributed by atoms with Gasteiger partial charge in [0.15, 0.2) is 0 Å². The van der Waals surface area contributed by atoms with Crippen molar-refractivity contribution >= 4 is 10.0 Å². The van der Waals surface area contributed by atoms with E-state index in [9.17, 15) is 13.5 Å². The van der Waals surface area contributed by atoms with Gasteiger partial charge in [-0.15, -0.1) is 0 Å². The Morgan fingerprint density at radius 3 is 2.71 bits per heavy atom. The van der Waals surface area contributed by atoms with Crippen molar-refractivity contribution in [2.24, 2.45) is 7.05 Å². The Hall–Kier alpha value is -1.70. The number of rotatable bonds is 5. The predicted molar refractivity (Wildman–Crippen MR) is 78.9 cm³/mol. The molecule has 7 heteroatoms. The van der Waals surface area contributed by atoms with Crippen molar-refractivity contribution in [3.8, 4) is 0 Å². The number of aliphatic hydroxyl groups is 1. The van der Waals surface area contributed by atoms with E-state index in [1.54, 1.807) is 43.2 Å². The summed E-state index contributed by atoms with van der Waals surface area (Å²) in [4.78, 5) is 0.173. The molecule has 1 N–H and O–H groups in total. The quantitative estimate of drug-likeness (QED) is 0.903. The van der Waals surface area contributed by atoms with Gasteiger partial charge in [0.25, 0.3) is 0 Å². The van der Waals surface area contributed by atoms with Crippen molar-refractivity contribution in [3.05, 3.63) is 47.8 Å². The van der Waals surface area contributed by atoms with Crippen LogP contribution in [0.25, 0.3) is 0 Å². The highest BCUT2D eigenvalue weighted by Crippen LogP contribution is 2.20. The Morgan fingerprint density at radius 2 is 2.14 bits per heavy atom. The summed E-state index contributed by atoms with van der Waals surface area (Å²) in [5.41, 5.74) is 1.39. The van der Waals surface area contributed by atoms with E-state index in [1.807, 2.05) is 0 Å². The molecule has 0 fully saturated rings. The van der Waals surface area contributed by atoms with Gasteiger partial charge < -0.3 is 5.11 Å². The summed E-state index contributed by atoms with van der Waals surface area (Å²) >= 11 is 0. The van der Waals surface area contributed by atoms with Crippen LogP contribution < -0.4 is 0 Å². The standard InChI is InChI=1S/C14H19N3O3S/c1-11(18)13-5-4-6-14(7-13)21(19,20)17(3)10-12-8-15-16(2)9-12/h4-9,11,18H,10H2,1-3H3. The third-order valence-electron chi connectivity index (χ3n) is 3.21. The smallest absolute Gasteiger partial charge is 0.243 e. The van der Waals surface area contributed by atoms with Crippen LogP contribution >= 0.6 is 0 Å². The molecule has 0 aliphatic heterocycles. The molecule has 2 rings (SSSR count). The highest BCUT2D eigenvalue weighted by Gasteiger charge is 2.22. The van der Waals surface area contributed by atoms with E-state index >= 15 is 0 Å². The highest BCUT2D eigenvalue weighted by atomic mass is 32.2. The van der Waals surface area contributed by atoms with Crippen molar-refractivity contribution < 1.29 is 13.5 Å². The fourth-order valence-electron chi connectivity index (χ4n) is 2.01. The lowest BCUT2D eigenvalue weighted by Crippen LogP contribution is -2.26. The Morgan fingerprint density at radius 1 is 1.43 bits per heavy atom. The topological polar surface area (TPSA) is 75.4 Å². The summed E-state index contributed by atoms with van der Waals surface area (Å²) < 4.78 is 28.0. The minimum atomic E-state index is -3.60. The third-order valence-corrected chi connectivity index (χ3v) is 5.01. The van der Waals surface area contributed by atoms with Gasteiger partial charge in [-0.05, 0) is 24.6 Å². The molecular formula is C14H19N3O3S. The van der Waals surface area contributed by atoms with Gasteiger partial charge in [-0.1, -0.05) is 12.1 Å². The zero-order valence-corrected chi connectivity index (χ0v) is 13.1. The molecule has 0 radical (unpaired) electrons. The maximum absolute atomic E-state index is 12.5. The van der Waals surface area contributed by atoms with Crippen LogP contribution in [0.4, 0.5) is 0 Å². The molecule has 2 aromatic rings. The SMILES string of the molecule is CC(O)c1cccc(S(=O)(=O)N(C)Cc2cnn(C)c2)c1. The zero-order chi connectivity index (χ0) is 15.6. The van der Waals surface area contributed by atoms with Crippen molar-refractivity contribution in [2.75, 3.05) is 7.05 Å². The van der Waals surface area contributed by atoms with Gasteiger partial charge in [-0.25, -0.2) is 8.42 Å². The lowest BCUT2D eigenvalue weighted by molar-refractivity contribution is 0.199. The van der Waals surface area contributed by atoms with Crippen LogP contribution in [0.1, 0.15) is 24.2 Å². The molecule has 0 saturated carbocycles. The van der Waals surface area contributed by atoms with Gasteiger partial charge in [0.05, 0.1) is 17.2 Å². The number of aliphatic hydroxyl groups excluding tert-OH is 1. The first-order valence-electron chi connectivity index (χ1n) is 6.52. The highest BCUT2D eigenvalue weighted by molar-refractivity contribution is 7.89. The van der Waals surface area contributed by atoms with E-state index < -0.39 is 16.1 Å². The number of sulfonamides is 1. The molecule has 1 aromatic carbocycles. The van der Waals surface area contributed by atoms with Gasteiger partial charge >= 0.3 is 0 Å². The molecule has 21 heavy (non-hydrogen) atoms. The molecule has 0 saturated heterocycles. The molecule has 1 unspecified atom stereocenters. The second-order valence-corrected chi connectivity index (χ2v) is 7.08. The van der Waals surface area contributed by atoms with E-state index in [1.165, 1.54) is 23.5 Å². The largest absolute Gasteiger partial charge is 0.389 e. The number of hydrogen-bond donors (Lipinski definition) is 1. The Labute approximate surface area is 124 Å². The predicted octanol–water partition coefficient (Wildman–Crippen LogP) is 1.29. The first kappa shape index (κ1) is 15.7. The van der Waals surface area contributed by atoms with Gasteiger partial charge in [0.1, 0.15) is 0 Å². The minimum Gasteiger partial charge on any atom is -0.389 e. The van der Waals surface area contributed by atoms with E-state index in [4.69, 9.17) is 0 Å². The van der Waals surface area contributed by atoms with Crippen LogP contribution in [0.15, 0.2) is 41.6 Å². The summed E-state index contributed by atoms with van der Waals surface area (Å²) in [6.45, 7) is 1.85. The van der Waals surface area contributed by atoms with Crippen LogP contribution in [0.5, 0.6) is 0 Å². The Balaban J connectivity index is 2.26. The molecule has 0 aliphatic rings. The minimum absolute atomic E-state index is 0.173. The van der Waals surface area contributed by atoms with E-state index in [2.05, 4.69) is 5.10 Å². The molecule has 6 nitrogen and oxygen atoms in total. The first-order chi connectivity index (χ1) is 9.80. The van der Waals surface area contributed by atoms with Crippen LogP contribution in [0, 0.1) is 0 Å². The second-order valence-electron chi connectivity index (χ2n) is 5.03. The summed E-state index contributed by atoms with van der Waals surface area (Å²) in [6.07, 6.45) is 2.71. The summed E-state index contributed by atoms with van der Waals surface area (Å²) in [6, 6.07) is 6.36. The molecule has 0 spiro atoms. The fourth-order valence-corrected chi connectivity index (χ4v) is 3.22. The molecule has 1 heterocycles. The summed E-state index contributed by atoms with van der Waals surface area (Å²) in [5.74, 6) is 0. The van der Waals surface area contributed by atoms with Crippen LogP contribution in [-0.2, 0) is 23.6 Å². The molecule has 0 amide bonds. The lowest BCUT2D eigenvalue weighted by atomic mass is 10.1. The normalized spacial score (nSPS) is 13.6. The van der Waals surface area contributed by atoms with E-state index in [0.29, 0.717) is 5.56 Å². The van der Waals surface area contributed by atoms with Crippen molar-refractivity contribution in [1.82, 2.24) is 14.1 Å². The van der Waals surface area contributed by atoms with Crippen molar-refractivity contribution in [1.29, 1.82) is 0 Å². The fraction of sp³-hybridized carbons (Fsp3) is 0.357. The summed E-state index contributed by atoms with van der Waals surface area (Å²) in [5, 5.41) is 13.6. The lowest BCUT2D eigenvalue weighted by Gasteiger charge is -2.17. The molecule has 0 bridgehead atoms. The second kappa shape index (κ2) is 5.97. The van der Waals surface area contributed by atoms with Gasteiger partial charge in [0, 0.05) is 32.4 Å². The number of nitrogens with zero attached hydrogens (tertiary/aromatic N) is 3. The summed E-state index contributed by atoms with van der Waals surface area (Å²) in [7, 11) is -0.292. The number of benzene rings is 1. The van der Waals surface area contributed by atoms with E-state index in [0.717, 1.165) is 5.56 Å². The molecular weight excluding hydrogens is 290 g/mol. The maximum Gasteiger partial charge on any atom is 0.243 e. The molecule has 1 aromatic heterocycles. The Kier molecular flexibility index (Phi) is 4.46. The van der Waals surface area contributed by atoms with Crippen LogP contribution in [-0.4, -0.2) is 34.7 Å². The first-order valence-corrected chi connectivity index (χ1v) is 7.96. The average molecular weight is 309 g/mol. The number of hydrogen-bond acceptors (Lipinski definition) is 4. The van der Waals surface area contributed by atoms with Crippen molar-refractivity contribution in [3.63, 3.8) is 0 Å². The maximum atomic E-state index is 12.5. The third kappa shape index (κ3) is 3.49. The zero-order valence-electron chi connectivity index (χ0n) is 12.3. The van der Waals surface area contributed by atoms with Gasteiger partial charge in [0.2, 0.25) is 10.0 Å². The van der Waals surface area contributed by atoms with Crippen LogP contribution in [0.3, 0.4) is 0 Å². The molecule has 0 aliphatic carbocycles. The van der Waals surface area contributed by atoms with Gasteiger partial charge in [-0.3, -0.25) is 4.68 Å². The number of aromatic nitrogens is 2. The number of aryl methyl sites for hydroxylation is 1. The van der Waals surface area contributed by atoms with Crippen LogP contribution in [0.2, 0.25) is 0 Å². The Bertz CT molecular complexity index is 723.